The van der Waals surface area contributed by atoms with Gasteiger partial charge >= 0.3 is 29.6 Å². The number of hydrogen-bond donors (Lipinski definition) is 0. The first-order valence-corrected chi connectivity index (χ1v) is 6.13. The van der Waals surface area contributed by atoms with Gasteiger partial charge in [0.05, 0.1) is 0 Å². The fourth-order valence-corrected chi connectivity index (χ4v) is 2.03. The van der Waals surface area contributed by atoms with Crippen LogP contribution in [-0.2, 0) is 14.9 Å². The van der Waals surface area contributed by atoms with Gasteiger partial charge in [0.1, 0.15) is 9.15 Å². The van der Waals surface area contributed by atoms with Gasteiger partial charge in [-0.1, -0.05) is 30.3 Å². The van der Waals surface area contributed by atoms with E-state index in [0.29, 0.717) is 10.8 Å². The zero-order chi connectivity index (χ0) is 9.03. The molecule has 0 spiro atoms. The minimum atomic E-state index is -4.16. The molecule has 0 heterocycles. The van der Waals surface area contributed by atoms with Gasteiger partial charge in [0.15, 0.2) is 0 Å². The summed E-state index contributed by atoms with van der Waals surface area (Å²) in [6.07, 6.45) is 0. The second-order valence-corrected chi connectivity index (χ2v) is 5.43. The summed E-state index contributed by atoms with van der Waals surface area (Å²) in [6, 6.07) is 8.98. The van der Waals surface area contributed by atoms with Crippen molar-refractivity contribution in [1.29, 1.82) is 0 Å². The molecule has 0 aliphatic carbocycles. The molecule has 0 radical (unpaired) electrons. The molecule has 0 fully saturated rings. The first kappa shape index (κ1) is 13.5. The number of benzene rings is 1. The maximum Gasteiger partial charge on any atom is 1.00 e. The van der Waals surface area contributed by atoms with E-state index in [2.05, 4.69) is 0 Å². The quantitative estimate of drug-likeness (QED) is 0.353. The van der Waals surface area contributed by atoms with Gasteiger partial charge in [-0.3, -0.25) is 0 Å². The predicted molar refractivity (Wildman–Crippen MR) is 47.4 cm³/mol. The Balaban J connectivity index is 0.00000144. The van der Waals surface area contributed by atoms with Crippen molar-refractivity contribution >= 4 is 19.9 Å². The zero-order valence-electron chi connectivity index (χ0n) is 7.14. The van der Waals surface area contributed by atoms with Gasteiger partial charge in [0.25, 0.3) is 0 Å². The Morgan fingerprint density at radius 2 is 1.77 bits per heavy atom. The average molecular weight is 226 g/mol. The molecule has 0 saturated heterocycles. The summed E-state index contributed by atoms with van der Waals surface area (Å²) in [5, 5.41) is 0. The van der Waals surface area contributed by atoms with Crippen LogP contribution in [0.1, 0.15) is 5.56 Å². The Morgan fingerprint density at radius 1 is 1.23 bits per heavy atom. The monoisotopic (exact) mass is 226 g/mol. The van der Waals surface area contributed by atoms with Gasteiger partial charge in [-0.2, -0.15) is 0 Å². The normalized spacial score (nSPS) is 10.5. The van der Waals surface area contributed by atoms with Crippen LogP contribution in [0.5, 0.6) is 0 Å². The SMILES string of the molecule is O=S(=O)([O-])SCc1ccccc1.[Na+]. The third-order valence-electron chi connectivity index (χ3n) is 1.21. The molecule has 0 amide bonds. The third-order valence-corrected chi connectivity index (χ3v) is 3.17. The second kappa shape index (κ2) is 6.06. The minimum absolute atomic E-state index is 0. The molecule has 3 nitrogen and oxygen atoms in total. The number of hydrogen-bond acceptors (Lipinski definition) is 4. The topological polar surface area (TPSA) is 57.2 Å². The molecule has 13 heavy (non-hydrogen) atoms. The van der Waals surface area contributed by atoms with Gasteiger partial charge in [-0.15, -0.1) is 0 Å². The molecular formula is C7H7NaO3S2. The average Bonchev–Trinajstić information content (AvgIpc) is 2.02. The van der Waals surface area contributed by atoms with Crippen molar-refractivity contribution in [2.75, 3.05) is 0 Å². The summed E-state index contributed by atoms with van der Waals surface area (Å²) >= 11 is 0. The van der Waals surface area contributed by atoms with Gasteiger partial charge < -0.3 is 4.55 Å². The van der Waals surface area contributed by atoms with E-state index in [9.17, 15) is 13.0 Å². The van der Waals surface area contributed by atoms with E-state index >= 15 is 0 Å². The molecule has 0 atom stereocenters. The molecule has 1 aromatic carbocycles. The fourth-order valence-electron chi connectivity index (χ4n) is 0.714. The summed E-state index contributed by atoms with van der Waals surface area (Å²) in [7, 11) is -3.75. The van der Waals surface area contributed by atoms with E-state index in [4.69, 9.17) is 0 Å². The van der Waals surface area contributed by atoms with Crippen LogP contribution >= 0.6 is 10.8 Å². The van der Waals surface area contributed by atoms with E-state index in [1.54, 1.807) is 24.3 Å². The molecule has 0 aliphatic rings. The van der Waals surface area contributed by atoms with Gasteiger partial charge in [-0.25, -0.2) is 8.42 Å². The molecule has 0 saturated carbocycles. The molecular weight excluding hydrogens is 219 g/mol. The summed E-state index contributed by atoms with van der Waals surface area (Å²) in [5.41, 5.74) is 0.835. The van der Waals surface area contributed by atoms with Crippen LogP contribution in [0.2, 0.25) is 0 Å². The van der Waals surface area contributed by atoms with Crippen LogP contribution in [0.25, 0.3) is 0 Å². The van der Waals surface area contributed by atoms with Crippen molar-refractivity contribution < 1.29 is 42.5 Å². The van der Waals surface area contributed by atoms with Crippen molar-refractivity contribution in [1.82, 2.24) is 0 Å². The van der Waals surface area contributed by atoms with Crippen molar-refractivity contribution in [2.45, 2.75) is 5.75 Å². The van der Waals surface area contributed by atoms with Crippen LogP contribution in [0, 0.1) is 0 Å². The van der Waals surface area contributed by atoms with Crippen molar-refractivity contribution in [3.8, 4) is 0 Å². The van der Waals surface area contributed by atoms with Crippen molar-refractivity contribution in [3.05, 3.63) is 35.9 Å². The fraction of sp³-hybridized carbons (Fsp3) is 0.143. The van der Waals surface area contributed by atoms with Crippen LogP contribution in [-0.4, -0.2) is 13.0 Å². The van der Waals surface area contributed by atoms with Crippen LogP contribution in [0.3, 0.4) is 0 Å². The standard InChI is InChI=1S/C7H8O3S2.Na/c8-12(9,10)11-6-7-4-2-1-3-5-7;/h1-5H,6H2,(H,8,9,10);/q;+1/p-1. The largest absolute Gasteiger partial charge is 1.00 e. The van der Waals surface area contributed by atoms with Crippen molar-refractivity contribution in [3.63, 3.8) is 0 Å². The Kier molecular flexibility index (Phi) is 6.28. The molecule has 0 unspecified atom stereocenters. The first-order valence-electron chi connectivity index (χ1n) is 3.22. The van der Waals surface area contributed by atoms with Gasteiger partial charge in [-0.05, 0) is 16.4 Å². The van der Waals surface area contributed by atoms with E-state index in [0.717, 1.165) is 5.56 Å². The summed E-state index contributed by atoms with van der Waals surface area (Å²) in [4.78, 5) is 0. The molecule has 66 valence electrons. The Labute approximate surface area is 103 Å². The van der Waals surface area contributed by atoms with Crippen LogP contribution in [0.4, 0.5) is 0 Å². The Bertz CT molecular complexity index is 336. The van der Waals surface area contributed by atoms with E-state index in [1.807, 2.05) is 6.07 Å². The molecule has 0 N–H and O–H groups in total. The Hall–Kier alpha value is 0.480. The maximum atomic E-state index is 10.2. The Morgan fingerprint density at radius 3 is 2.23 bits per heavy atom. The minimum Gasteiger partial charge on any atom is -0.739 e. The summed E-state index contributed by atoms with van der Waals surface area (Å²) in [5.74, 6) is 0.215. The zero-order valence-corrected chi connectivity index (χ0v) is 10.8. The third kappa shape index (κ3) is 6.54. The smallest absolute Gasteiger partial charge is 0.739 e. The maximum absolute atomic E-state index is 10.2. The molecule has 0 aromatic heterocycles. The molecule has 0 aliphatic heterocycles. The van der Waals surface area contributed by atoms with Crippen molar-refractivity contribution in [2.24, 2.45) is 0 Å². The summed E-state index contributed by atoms with van der Waals surface area (Å²) in [6.45, 7) is 0. The van der Waals surface area contributed by atoms with E-state index in [1.165, 1.54) is 0 Å². The van der Waals surface area contributed by atoms with Crippen LogP contribution < -0.4 is 29.6 Å². The predicted octanol–water partition coefficient (Wildman–Crippen LogP) is -1.62. The van der Waals surface area contributed by atoms with E-state index in [-0.39, 0.29) is 35.3 Å². The van der Waals surface area contributed by atoms with E-state index < -0.39 is 9.15 Å². The molecule has 0 bridgehead atoms. The molecule has 1 aromatic rings. The molecule has 1 rings (SSSR count). The molecule has 6 heteroatoms. The van der Waals surface area contributed by atoms with Crippen LogP contribution in [0.15, 0.2) is 30.3 Å². The number of rotatable bonds is 3. The first-order chi connectivity index (χ1) is 5.58. The van der Waals surface area contributed by atoms with Gasteiger partial charge in [0, 0.05) is 5.75 Å². The summed E-state index contributed by atoms with van der Waals surface area (Å²) < 4.78 is 30.6. The second-order valence-electron chi connectivity index (χ2n) is 2.16. The van der Waals surface area contributed by atoms with Gasteiger partial charge in [0.2, 0.25) is 0 Å².